The maximum Gasteiger partial charge on any atom is 0.123 e. The zero-order valence-corrected chi connectivity index (χ0v) is 14.1. The Morgan fingerprint density at radius 1 is 0.818 bits per heavy atom. The van der Waals surface area contributed by atoms with Crippen LogP contribution in [0.3, 0.4) is 0 Å². The molecule has 0 aliphatic carbocycles. The lowest BCUT2D eigenvalue weighted by molar-refractivity contribution is 0.122. The smallest absolute Gasteiger partial charge is 0.123 e. The molecule has 0 radical (unpaired) electrons. The molecule has 1 saturated heterocycles. The molecule has 0 unspecified atom stereocenters. The average Bonchev–Trinajstić information content (AvgIpc) is 2.52. The van der Waals surface area contributed by atoms with Crippen LogP contribution >= 0.6 is 15.9 Å². The lowest BCUT2D eigenvalue weighted by Gasteiger charge is -2.34. The first kappa shape index (κ1) is 15.7. The van der Waals surface area contributed by atoms with E-state index in [2.05, 4.69) is 50.0 Å². The monoisotopic (exact) mass is 362 g/mol. The summed E-state index contributed by atoms with van der Waals surface area (Å²) in [5, 5.41) is 0. The van der Waals surface area contributed by atoms with Crippen LogP contribution in [0.15, 0.2) is 53.0 Å². The minimum atomic E-state index is -0.147. The third-order valence-electron chi connectivity index (χ3n) is 4.08. The van der Waals surface area contributed by atoms with E-state index in [9.17, 15) is 4.39 Å². The highest BCUT2D eigenvalue weighted by molar-refractivity contribution is 9.10. The van der Waals surface area contributed by atoms with Crippen LogP contribution in [0.2, 0.25) is 0 Å². The minimum Gasteiger partial charge on any atom is -0.297 e. The predicted octanol–water partition coefficient (Wildman–Crippen LogP) is 3.91. The Labute approximate surface area is 139 Å². The Morgan fingerprint density at radius 2 is 1.41 bits per heavy atom. The van der Waals surface area contributed by atoms with E-state index in [4.69, 9.17) is 0 Å². The molecule has 1 fully saturated rings. The molecule has 0 N–H and O–H groups in total. The average molecular weight is 363 g/mol. The van der Waals surface area contributed by atoms with Crippen molar-refractivity contribution < 1.29 is 4.39 Å². The van der Waals surface area contributed by atoms with Gasteiger partial charge < -0.3 is 0 Å². The number of hydrogen-bond acceptors (Lipinski definition) is 2. The molecule has 2 aromatic rings. The van der Waals surface area contributed by atoms with Crippen molar-refractivity contribution in [1.29, 1.82) is 0 Å². The van der Waals surface area contributed by atoms with E-state index in [1.165, 1.54) is 11.6 Å². The molecule has 1 aliphatic rings. The van der Waals surface area contributed by atoms with Gasteiger partial charge >= 0.3 is 0 Å². The number of halogens is 2. The molecule has 4 heteroatoms. The molecule has 22 heavy (non-hydrogen) atoms. The second kappa shape index (κ2) is 7.36. The molecule has 1 aliphatic heterocycles. The maximum absolute atomic E-state index is 13.2. The highest BCUT2D eigenvalue weighted by Crippen LogP contribution is 2.14. The van der Waals surface area contributed by atoms with E-state index < -0.39 is 0 Å². The third-order valence-corrected chi connectivity index (χ3v) is 4.61. The first-order valence-electron chi connectivity index (χ1n) is 7.63. The largest absolute Gasteiger partial charge is 0.297 e. The molecule has 0 amide bonds. The van der Waals surface area contributed by atoms with Crippen molar-refractivity contribution in [3.63, 3.8) is 0 Å². The summed E-state index contributed by atoms with van der Waals surface area (Å²) in [6, 6.07) is 15.4. The first-order chi connectivity index (χ1) is 10.7. The summed E-state index contributed by atoms with van der Waals surface area (Å²) >= 11 is 3.47. The van der Waals surface area contributed by atoms with Gasteiger partial charge in [-0.25, -0.2) is 4.39 Å². The van der Waals surface area contributed by atoms with Gasteiger partial charge in [0.05, 0.1) is 0 Å². The van der Waals surface area contributed by atoms with E-state index >= 15 is 0 Å². The zero-order chi connectivity index (χ0) is 15.4. The fourth-order valence-electron chi connectivity index (χ4n) is 2.85. The summed E-state index contributed by atoms with van der Waals surface area (Å²) in [5.41, 5.74) is 2.41. The van der Waals surface area contributed by atoms with Gasteiger partial charge in [0, 0.05) is 43.7 Å². The summed E-state index contributed by atoms with van der Waals surface area (Å²) in [5.74, 6) is -0.147. The predicted molar refractivity (Wildman–Crippen MR) is 91.1 cm³/mol. The standard InChI is InChI=1S/C18H20BrFN2/c19-17-6-4-15(5-7-17)13-21-8-10-22(11-9-21)14-16-2-1-3-18(20)12-16/h1-7,12H,8-11,13-14H2. The molecule has 2 nitrogen and oxygen atoms in total. The molecular weight excluding hydrogens is 343 g/mol. The van der Waals surface area contributed by atoms with Gasteiger partial charge in [-0.05, 0) is 35.4 Å². The topological polar surface area (TPSA) is 6.48 Å². The molecule has 0 aromatic heterocycles. The SMILES string of the molecule is Fc1cccc(CN2CCN(Cc3ccc(Br)cc3)CC2)c1. The van der Waals surface area contributed by atoms with E-state index in [-0.39, 0.29) is 5.82 Å². The van der Waals surface area contributed by atoms with Crippen LogP contribution in [-0.4, -0.2) is 36.0 Å². The second-order valence-corrected chi connectivity index (χ2v) is 6.72. The van der Waals surface area contributed by atoms with Crippen LogP contribution in [0.1, 0.15) is 11.1 Å². The summed E-state index contributed by atoms with van der Waals surface area (Å²) < 4.78 is 14.3. The molecule has 116 valence electrons. The van der Waals surface area contributed by atoms with Gasteiger partial charge in [-0.15, -0.1) is 0 Å². The zero-order valence-electron chi connectivity index (χ0n) is 12.5. The fraction of sp³-hybridized carbons (Fsp3) is 0.333. The number of hydrogen-bond donors (Lipinski definition) is 0. The van der Waals surface area contributed by atoms with Crippen LogP contribution < -0.4 is 0 Å². The minimum absolute atomic E-state index is 0.147. The van der Waals surface area contributed by atoms with Gasteiger partial charge in [0.25, 0.3) is 0 Å². The fourth-order valence-corrected chi connectivity index (χ4v) is 3.11. The van der Waals surface area contributed by atoms with Gasteiger partial charge in [0.1, 0.15) is 5.82 Å². The summed E-state index contributed by atoms with van der Waals surface area (Å²) in [6.45, 7) is 6.03. The quantitative estimate of drug-likeness (QED) is 0.813. The van der Waals surface area contributed by atoms with Crippen molar-refractivity contribution in [2.24, 2.45) is 0 Å². The number of rotatable bonds is 4. The van der Waals surface area contributed by atoms with E-state index in [1.54, 1.807) is 12.1 Å². The Hall–Kier alpha value is -1.23. The van der Waals surface area contributed by atoms with Crippen LogP contribution in [0.5, 0.6) is 0 Å². The number of nitrogens with zero attached hydrogens (tertiary/aromatic N) is 2. The van der Waals surface area contributed by atoms with Gasteiger partial charge in [-0.1, -0.05) is 40.2 Å². The molecule has 0 saturated carbocycles. The lowest BCUT2D eigenvalue weighted by Crippen LogP contribution is -2.45. The van der Waals surface area contributed by atoms with Gasteiger partial charge in [-0.3, -0.25) is 9.80 Å². The normalized spacial score (nSPS) is 16.8. The Morgan fingerprint density at radius 3 is 2.00 bits per heavy atom. The van der Waals surface area contributed by atoms with Crippen LogP contribution in [0.25, 0.3) is 0 Å². The van der Waals surface area contributed by atoms with Gasteiger partial charge in [0.2, 0.25) is 0 Å². The van der Waals surface area contributed by atoms with Crippen molar-refractivity contribution in [3.05, 3.63) is 69.9 Å². The van der Waals surface area contributed by atoms with Crippen molar-refractivity contribution in [2.45, 2.75) is 13.1 Å². The molecular formula is C18H20BrFN2. The van der Waals surface area contributed by atoms with Gasteiger partial charge in [-0.2, -0.15) is 0 Å². The number of benzene rings is 2. The molecule has 1 heterocycles. The van der Waals surface area contributed by atoms with Crippen LogP contribution in [-0.2, 0) is 13.1 Å². The van der Waals surface area contributed by atoms with E-state index in [1.807, 2.05) is 6.07 Å². The summed E-state index contributed by atoms with van der Waals surface area (Å²) in [4.78, 5) is 4.87. The maximum atomic E-state index is 13.2. The Balaban J connectivity index is 1.49. The van der Waals surface area contributed by atoms with E-state index in [0.29, 0.717) is 0 Å². The lowest BCUT2D eigenvalue weighted by atomic mass is 10.1. The molecule has 3 rings (SSSR count). The van der Waals surface area contributed by atoms with Gasteiger partial charge in [0.15, 0.2) is 0 Å². The van der Waals surface area contributed by atoms with Crippen molar-refractivity contribution in [3.8, 4) is 0 Å². The second-order valence-electron chi connectivity index (χ2n) is 5.81. The first-order valence-corrected chi connectivity index (χ1v) is 8.42. The molecule has 2 aromatic carbocycles. The molecule has 0 atom stereocenters. The van der Waals surface area contributed by atoms with Crippen LogP contribution in [0, 0.1) is 5.82 Å². The third kappa shape index (κ3) is 4.38. The highest BCUT2D eigenvalue weighted by atomic mass is 79.9. The van der Waals surface area contributed by atoms with Crippen molar-refractivity contribution >= 4 is 15.9 Å². The summed E-state index contributed by atoms with van der Waals surface area (Å²) in [7, 11) is 0. The molecule has 0 spiro atoms. The van der Waals surface area contributed by atoms with E-state index in [0.717, 1.165) is 49.3 Å². The highest BCUT2D eigenvalue weighted by Gasteiger charge is 2.17. The number of piperazine rings is 1. The Kier molecular flexibility index (Phi) is 5.24. The molecule has 0 bridgehead atoms. The van der Waals surface area contributed by atoms with Crippen molar-refractivity contribution in [1.82, 2.24) is 9.80 Å². The summed E-state index contributed by atoms with van der Waals surface area (Å²) in [6.07, 6.45) is 0. The van der Waals surface area contributed by atoms with Crippen molar-refractivity contribution in [2.75, 3.05) is 26.2 Å². The van der Waals surface area contributed by atoms with Crippen LogP contribution in [0.4, 0.5) is 4.39 Å². The Bertz CT molecular complexity index is 607.